The molecule has 208 valence electrons. The number of hydrogen-bond donors (Lipinski definition) is 0. The topological polar surface area (TPSA) is 0 Å². The van der Waals surface area contributed by atoms with E-state index in [4.69, 9.17) is 0 Å². The number of hydrogen-bond acceptors (Lipinski definition) is 0. The molecule has 0 heterocycles. The molecular formula is C32H70P2. The van der Waals surface area contributed by atoms with Crippen LogP contribution in [-0.2, 0) is 0 Å². The van der Waals surface area contributed by atoms with Gasteiger partial charge >= 0.3 is 220 Å². The number of rotatable bonds is 22. The molecular weight excluding hydrogens is 446 g/mol. The van der Waals surface area contributed by atoms with Crippen LogP contribution in [0.2, 0.25) is 0 Å². The minimum absolute atomic E-state index is 1.06. The van der Waals surface area contributed by atoms with E-state index in [2.05, 4.69) is 41.5 Å². The van der Waals surface area contributed by atoms with Crippen LogP contribution in [0.5, 0.6) is 0 Å². The maximum absolute atomic E-state index is 2.43. The summed E-state index contributed by atoms with van der Waals surface area (Å²) >= 11 is 0. The van der Waals surface area contributed by atoms with Crippen LogP contribution in [0.1, 0.15) is 144 Å². The van der Waals surface area contributed by atoms with E-state index in [-0.39, 0.29) is 0 Å². The molecule has 0 aromatic rings. The van der Waals surface area contributed by atoms with Gasteiger partial charge in [0.1, 0.15) is 0 Å². The first-order valence-corrected chi connectivity index (χ1v) is 22.2. The van der Waals surface area contributed by atoms with Gasteiger partial charge in [0.15, 0.2) is 0 Å². The van der Waals surface area contributed by atoms with Gasteiger partial charge in [-0.15, -0.1) is 0 Å². The normalized spacial score (nSPS) is 20.5. The van der Waals surface area contributed by atoms with Gasteiger partial charge in [-0.25, -0.2) is 0 Å². The quantitative estimate of drug-likeness (QED) is 0.125. The van der Waals surface area contributed by atoms with Crippen molar-refractivity contribution in [1.82, 2.24) is 0 Å². The Morgan fingerprint density at radius 2 is 0.588 bits per heavy atom. The van der Waals surface area contributed by atoms with Gasteiger partial charge in [0.25, 0.3) is 0 Å². The predicted molar refractivity (Wildman–Crippen MR) is 170 cm³/mol. The molecule has 0 radical (unpaired) electrons. The third kappa shape index (κ3) is 12.9. The van der Waals surface area contributed by atoms with Gasteiger partial charge in [-0.1, -0.05) is 0 Å². The van der Waals surface area contributed by atoms with Crippen molar-refractivity contribution in [3.8, 4) is 0 Å². The van der Waals surface area contributed by atoms with E-state index in [0.29, 0.717) is 0 Å². The second-order valence-electron chi connectivity index (χ2n) is 12.9. The molecule has 0 unspecified atom stereocenters. The molecule has 1 fully saturated rings. The summed E-state index contributed by atoms with van der Waals surface area (Å²) < 4.78 is 0. The molecule has 0 aliphatic heterocycles. The van der Waals surface area contributed by atoms with Crippen molar-refractivity contribution in [2.24, 2.45) is 11.8 Å². The SMILES string of the molecule is CCCC[PH](CCCC)(CCCC)CC1CCC(C[PH](CCCC)(CCCC)CCCC)CC1. The van der Waals surface area contributed by atoms with Crippen LogP contribution in [0.25, 0.3) is 0 Å². The van der Waals surface area contributed by atoms with Crippen LogP contribution in [0.4, 0.5) is 0 Å². The summed E-state index contributed by atoms with van der Waals surface area (Å²) in [6, 6.07) is 0. The van der Waals surface area contributed by atoms with Crippen LogP contribution in [0.15, 0.2) is 0 Å². The van der Waals surface area contributed by atoms with Gasteiger partial charge in [-0.05, 0) is 0 Å². The summed E-state index contributed by atoms with van der Waals surface area (Å²) in [5.74, 6) is 2.21. The zero-order valence-electron chi connectivity index (χ0n) is 25.1. The Balaban J connectivity index is 2.79. The molecule has 1 rings (SSSR count). The van der Waals surface area contributed by atoms with Crippen molar-refractivity contribution in [2.45, 2.75) is 144 Å². The Kier molecular flexibility index (Phi) is 19.3. The van der Waals surface area contributed by atoms with Crippen LogP contribution in [-0.4, -0.2) is 49.3 Å². The van der Waals surface area contributed by atoms with E-state index >= 15 is 0 Å². The van der Waals surface area contributed by atoms with Crippen LogP contribution in [0, 0.1) is 11.8 Å². The van der Waals surface area contributed by atoms with Crippen LogP contribution in [0.3, 0.4) is 0 Å². The summed E-state index contributed by atoms with van der Waals surface area (Å²) in [4.78, 5) is 0. The van der Waals surface area contributed by atoms with Crippen molar-refractivity contribution in [2.75, 3.05) is 49.3 Å². The van der Waals surface area contributed by atoms with Crippen molar-refractivity contribution < 1.29 is 0 Å². The van der Waals surface area contributed by atoms with Gasteiger partial charge in [0.05, 0.1) is 0 Å². The maximum atomic E-state index is 2.43. The van der Waals surface area contributed by atoms with Gasteiger partial charge < -0.3 is 0 Å². The van der Waals surface area contributed by atoms with Crippen molar-refractivity contribution >= 4 is 14.5 Å². The second kappa shape index (κ2) is 19.9. The zero-order chi connectivity index (χ0) is 25.1. The Bertz CT molecular complexity index is 366. The molecule has 2 heteroatoms. The predicted octanol–water partition coefficient (Wildman–Crippen LogP) is 11.1. The van der Waals surface area contributed by atoms with E-state index in [1.54, 1.807) is 75.0 Å². The average Bonchev–Trinajstić information content (AvgIpc) is 2.86. The monoisotopic (exact) mass is 516 g/mol. The van der Waals surface area contributed by atoms with Crippen molar-refractivity contribution in [3.63, 3.8) is 0 Å². The standard InChI is InChI=1S/C32H70P2/c1-7-13-23-33(24-14-8-2,25-15-9-3)29-31-19-21-32(22-20-31)30-34(26-16-10-4,27-17-11-5)28-18-12-6/h31-34H,7-30H2,1-6H3. The fraction of sp³-hybridized carbons (Fsp3) is 1.00. The molecule has 0 amide bonds. The summed E-state index contributed by atoms with van der Waals surface area (Å²) in [5.41, 5.74) is 0. The molecule has 34 heavy (non-hydrogen) atoms. The van der Waals surface area contributed by atoms with Crippen LogP contribution < -0.4 is 0 Å². The third-order valence-corrected chi connectivity index (χ3v) is 21.1. The molecule has 0 aromatic carbocycles. The first-order chi connectivity index (χ1) is 16.5. The van der Waals surface area contributed by atoms with Gasteiger partial charge in [0, 0.05) is 0 Å². The molecule has 0 nitrogen and oxygen atoms in total. The summed E-state index contributed by atoms with van der Waals surface area (Å²) in [5, 5.41) is 0. The number of unbranched alkanes of at least 4 members (excludes halogenated alkanes) is 6. The second-order valence-corrected chi connectivity index (χ2v) is 22.7. The summed E-state index contributed by atoms with van der Waals surface area (Å²) in [7, 11) is -2.12. The Hall–Kier alpha value is 0.860. The fourth-order valence-corrected chi connectivity index (χ4v) is 20.1. The molecule has 0 saturated heterocycles. The van der Waals surface area contributed by atoms with E-state index in [1.165, 1.54) is 77.0 Å². The first-order valence-electron chi connectivity index (χ1n) is 16.5. The van der Waals surface area contributed by atoms with Gasteiger partial charge in [-0.3, -0.25) is 0 Å². The minimum atomic E-state index is -1.06. The molecule has 1 saturated carbocycles. The molecule has 1 aliphatic rings. The molecule has 0 bridgehead atoms. The Morgan fingerprint density at radius 1 is 0.382 bits per heavy atom. The molecule has 0 aromatic heterocycles. The summed E-state index contributed by atoms with van der Waals surface area (Å²) in [6.07, 6.45) is 37.4. The molecule has 0 N–H and O–H groups in total. The third-order valence-electron chi connectivity index (χ3n) is 9.77. The average molecular weight is 517 g/mol. The van der Waals surface area contributed by atoms with E-state index in [0.717, 1.165) is 11.8 Å². The molecule has 1 aliphatic carbocycles. The van der Waals surface area contributed by atoms with E-state index in [1.807, 2.05) is 0 Å². The Morgan fingerprint density at radius 3 is 0.765 bits per heavy atom. The van der Waals surface area contributed by atoms with E-state index < -0.39 is 14.5 Å². The Labute approximate surface area is 219 Å². The van der Waals surface area contributed by atoms with E-state index in [9.17, 15) is 0 Å². The van der Waals surface area contributed by atoms with Gasteiger partial charge in [-0.2, -0.15) is 0 Å². The van der Waals surface area contributed by atoms with Gasteiger partial charge in [0.2, 0.25) is 0 Å². The van der Waals surface area contributed by atoms with Crippen LogP contribution >= 0.6 is 14.5 Å². The summed E-state index contributed by atoms with van der Waals surface area (Å²) in [6.45, 7) is 14.6. The zero-order valence-corrected chi connectivity index (χ0v) is 27.1. The molecule has 0 atom stereocenters. The van der Waals surface area contributed by atoms with Crippen molar-refractivity contribution in [3.05, 3.63) is 0 Å². The first kappa shape index (κ1) is 32.9. The fourth-order valence-electron chi connectivity index (χ4n) is 7.54. The molecule has 0 spiro atoms. The van der Waals surface area contributed by atoms with Crippen molar-refractivity contribution in [1.29, 1.82) is 0 Å².